The number of nitrogens with zero attached hydrogens (tertiary/aromatic N) is 5. The molecule has 0 unspecified atom stereocenters. The summed E-state index contributed by atoms with van der Waals surface area (Å²) >= 11 is 1.83. The van der Waals surface area contributed by atoms with E-state index in [2.05, 4.69) is 168 Å². The summed E-state index contributed by atoms with van der Waals surface area (Å²) in [5.41, 5.74) is 10.3. The van der Waals surface area contributed by atoms with Gasteiger partial charge in [-0.15, -0.1) is 11.3 Å². The number of hydrogen-bond acceptors (Lipinski definition) is 5. The molecule has 0 aliphatic heterocycles. The maximum Gasteiger partial charge on any atom is 0.164 e. The zero-order chi connectivity index (χ0) is 40.7. The predicted octanol–water partition coefficient (Wildman–Crippen LogP) is 14.8. The molecular weight excluding hydrogens is 775 g/mol. The third-order valence-corrected chi connectivity index (χ3v) is 13.3. The average Bonchev–Trinajstić information content (AvgIpc) is 3.91. The van der Waals surface area contributed by atoms with Crippen molar-refractivity contribution >= 4 is 80.5 Å². The number of rotatable bonds is 5. The van der Waals surface area contributed by atoms with E-state index < -0.39 is 0 Å². The van der Waals surface area contributed by atoms with Crippen molar-refractivity contribution in [2.24, 2.45) is 0 Å². The van der Waals surface area contributed by atoms with E-state index in [9.17, 15) is 0 Å². The fraction of sp³-hybridized carbons (Fsp3) is 0. The lowest BCUT2D eigenvalue weighted by Gasteiger charge is -2.11. The zero-order valence-electron chi connectivity index (χ0n) is 33.2. The van der Waals surface area contributed by atoms with E-state index in [0.29, 0.717) is 17.5 Å². The van der Waals surface area contributed by atoms with Crippen molar-refractivity contribution < 1.29 is 0 Å². The third-order valence-electron chi connectivity index (χ3n) is 12.2. The Kier molecular flexibility index (Phi) is 7.71. The van der Waals surface area contributed by atoms with Crippen molar-refractivity contribution in [3.05, 3.63) is 200 Å². The highest BCUT2D eigenvalue weighted by Gasteiger charge is 2.20. The van der Waals surface area contributed by atoms with Gasteiger partial charge in [0.25, 0.3) is 0 Å². The van der Waals surface area contributed by atoms with Gasteiger partial charge in [-0.05, 0) is 80.0 Å². The van der Waals surface area contributed by atoms with E-state index in [0.717, 1.165) is 55.6 Å². The van der Waals surface area contributed by atoms with Gasteiger partial charge in [-0.3, -0.25) is 4.40 Å². The van der Waals surface area contributed by atoms with E-state index in [1.165, 1.54) is 52.7 Å². The molecule has 9 aromatic carbocycles. The lowest BCUT2D eigenvalue weighted by atomic mass is 10.0. The van der Waals surface area contributed by atoms with Gasteiger partial charge in [0.2, 0.25) is 0 Å². The summed E-state index contributed by atoms with van der Waals surface area (Å²) < 4.78 is 4.80. The third kappa shape index (κ3) is 5.61. The summed E-state index contributed by atoms with van der Waals surface area (Å²) in [4.78, 5) is 20.7. The molecule has 0 saturated heterocycles. The van der Waals surface area contributed by atoms with Crippen LogP contribution in [0.15, 0.2) is 200 Å². The number of imidazole rings is 1. The first-order valence-electron chi connectivity index (χ1n) is 20.8. The van der Waals surface area contributed by atoms with Crippen LogP contribution >= 0.6 is 11.3 Å². The lowest BCUT2D eigenvalue weighted by molar-refractivity contribution is 1.07. The Bertz CT molecular complexity index is 3890. The first-order chi connectivity index (χ1) is 30.7. The highest BCUT2D eigenvalue weighted by atomic mass is 32.1. The maximum absolute atomic E-state index is 5.54. The molecule has 4 heterocycles. The number of thiophene rings is 1. The Morgan fingerprint density at radius 2 is 0.823 bits per heavy atom. The number of benzene rings is 9. The van der Waals surface area contributed by atoms with E-state index >= 15 is 0 Å². The van der Waals surface area contributed by atoms with Gasteiger partial charge in [0, 0.05) is 37.5 Å². The standard InChI is InChI=1S/C56H33N5S/c1-3-11-34(12-4-1)35-19-23-38(24-20-35)54-58-53(37-13-5-2-6-14-37)59-55(60-54)39-25-21-36(22-26-39)49-33-47-46-31-42-17-9-10-18-43(42)32-50(46)62-52(47)56-57-51-45-30-41-16-8-7-15-40(41)29-44(45)27-28-48(51)61(49)56/h1-33H. The summed E-state index contributed by atoms with van der Waals surface area (Å²) in [5, 5.41) is 9.70. The Balaban J connectivity index is 0.996. The topological polar surface area (TPSA) is 56.0 Å². The second-order valence-electron chi connectivity index (χ2n) is 15.9. The SMILES string of the molecule is c1ccc(-c2ccc(-c3nc(-c4ccccc4)nc(-c4ccc(-c5cc6c7cc8ccccc8cc7sc6c6nc7c8cc9ccccc9cc8ccc7n56)cc4)n3)cc2)cc1. The minimum Gasteiger partial charge on any atom is -0.291 e. The molecule has 0 amide bonds. The van der Waals surface area contributed by atoms with E-state index in [-0.39, 0.29) is 0 Å². The molecule has 4 aromatic heterocycles. The van der Waals surface area contributed by atoms with Crippen LogP contribution in [0.3, 0.4) is 0 Å². The molecular formula is C56H33N5S. The highest BCUT2D eigenvalue weighted by molar-refractivity contribution is 7.26. The smallest absolute Gasteiger partial charge is 0.164 e. The summed E-state index contributed by atoms with van der Waals surface area (Å²) in [6.07, 6.45) is 0. The van der Waals surface area contributed by atoms with Crippen LogP contribution in [0.25, 0.3) is 126 Å². The Labute approximate surface area is 359 Å². The van der Waals surface area contributed by atoms with Gasteiger partial charge < -0.3 is 0 Å². The monoisotopic (exact) mass is 807 g/mol. The summed E-state index contributed by atoms with van der Waals surface area (Å²) in [6.45, 7) is 0. The van der Waals surface area contributed by atoms with Crippen molar-refractivity contribution in [3.8, 4) is 56.5 Å². The second kappa shape index (κ2) is 13.7. The van der Waals surface area contributed by atoms with Crippen LogP contribution in [0.4, 0.5) is 0 Å². The van der Waals surface area contributed by atoms with Gasteiger partial charge in [0.15, 0.2) is 23.1 Å². The summed E-state index contributed by atoms with van der Waals surface area (Å²) in [7, 11) is 0. The quantitative estimate of drug-likeness (QED) is 0.163. The Morgan fingerprint density at radius 1 is 0.339 bits per heavy atom. The van der Waals surface area contributed by atoms with Crippen LogP contribution in [0.5, 0.6) is 0 Å². The van der Waals surface area contributed by atoms with Crippen molar-refractivity contribution in [2.45, 2.75) is 0 Å². The summed E-state index contributed by atoms with van der Waals surface area (Å²) in [5.74, 6) is 1.89. The summed E-state index contributed by atoms with van der Waals surface area (Å²) in [6, 6.07) is 71.0. The molecule has 13 aromatic rings. The van der Waals surface area contributed by atoms with E-state index in [1.807, 2.05) is 47.7 Å². The molecule has 0 fully saturated rings. The molecule has 13 rings (SSSR count). The van der Waals surface area contributed by atoms with Crippen molar-refractivity contribution in [2.75, 3.05) is 0 Å². The molecule has 288 valence electrons. The Hall–Kier alpha value is -8.06. The number of hydrogen-bond donors (Lipinski definition) is 0. The minimum atomic E-state index is 0.621. The van der Waals surface area contributed by atoms with Crippen LogP contribution < -0.4 is 0 Å². The van der Waals surface area contributed by atoms with E-state index in [4.69, 9.17) is 19.9 Å². The fourth-order valence-corrected chi connectivity index (χ4v) is 10.2. The first kappa shape index (κ1) is 34.8. The fourth-order valence-electron chi connectivity index (χ4n) is 9.06. The first-order valence-corrected chi connectivity index (χ1v) is 21.6. The number of pyridine rings is 1. The largest absolute Gasteiger partial charge is 0.291 e. The predicted molar refractivity (Wildman–Crippen MR) is 259 cm³/mol. The molecule has 0 atom stereocenters. The van der Waals surface area contributed by atoms with Crippen molar-refractivity contribution in [1.29, 1.82) is 0 Å². The molecule has 0 radical (unpaired) electrons. The molecule has 0 aliphatic rings. The second-order valence-corrected chi connectivity index (χ2v) is 16.9. The van der Waals surface area contributed by atoms with E-state index in [1.54, 1.807) is 0 Å². The maximum atomic E-state index is 5.54. The lowest BCUT2D eigenvalue weighted by Crippen LogP contribution is -2.00. The molecule has 62 heavy (non-hydrogen) atoms. The average molecular weight is 808 g/mol. The van der Waals surface area contributed by atoms with Gasteiger partial charge in [-0.2, -0.15) is 0 Å². The van der Waals surface area contributed by atoms with Gasteiger partial charge in [0.05, 0.1) is 21.4 Å². The van der Waals surface area contributed by atoms with Gasteiger partial charge >= 0.3 is 0 Å². The number of aromatic nitrogens is 5. The molecule has 0 aliphatic carbocycles. The van der Waals surface area contributed by atoms with Crippen molar-refractivity contribution in [1.82, 2.24) is 24.3 Å². The molecule has 5 nitrogen and oxygen atoms in total. The molecule has 0 N–H and O–H groups in total. The van der Waals surface area contributed by atoms with Crippen LogP contribution in [-0.2, 0) is 0 Å². The van der Waals surface area contributed by atoms with Crippen LogP contribution in [0.1, 0.15) is 0 Å². The molecule has 0 saturated carbocycles. The van der Waals surface area contributed by atoms with Crippen LogP contribution in [0, 0.1) is 0 Å². The van der Waals surface area contributed by atoms with Crippen molar-refractivity contribution in [3.63, 3.8) is 0 Å². The van der Waals surface area contributed by atoms with Crippen LogP contribution in [0.2, 0.25) is 0 Å². The van der Waals surface area contributed by atoms with Crippen LogP contribution in [-0.4, -0.2) is 24.3 Å². The van der Waals surface area contributed by atoms with Gasteiger partial charge in [-0.25, -0.2) is 19.9 Å². The van der Waals surface area contributed by atoms with Gasteiger partial charge in [-0.1, -0.05) is 164 Å². The molecule has 6 heteroatoms. The molecule has 0 spiro atoms. The van der Waals surface area contributed by atoms with Gasteiger partial charge in [0.1, 0.15) is 0 Å². The Morgan fingerprint density at radius 3 is 1.45 bits per heavy atom. The minimum absolute atomic E-state index is 0.621. The highest BCUT2D eigenvalue weighted by Crippen LogP contribution is 2.43. The molecule has 0 bridgehead atoms. The zero-order valence-corrected chi connectivity index (χ0v) is 34.0. The normalized spacial score (nSPS) is 11.9. The number of fused-ring (bicyclic) bond motifs is 11.